The molecule has 1 unspecified atom stereocenters. The van der Waals surface area contributed by atoms with Gasteiger partial charge in [0, 0.05) is 12.1 Å². The van der Waals surface area contributed by atoms with Crippen LogP contribution in [0.2, 0.25) is 0 Å². The fraction of sp³-hybridized carbons (Fsp3) is 0.562. The highest BCUT2D eigenvalue weighted by atomic mass is 16.5. The maximum absolute atomic E-state index is 10.3. The zero-order valence-electron chi connectivity index (χ0n) is 13.2. The molecule has 0 radical (unpaired) electrons. The summed E-state index contributed by atoms with van der Waals surface area (Å²) >= 11 is 0. The average Bonchev–Trinajstić information content (AvgIpc) is 2.50. The van der Waals surface area contributed by atoms with Crippen molar-refractivity contribution in [2.24, 2.45) is 16.6 Å². The van der Waals surface area contributed by atoms with Crippen molar-refractivity contribution in [3.8, 4) is 11.5 Å². The molecule has 4 N–H and O–H groups in total. The van der Waals surface area contributed by atoms with E-state index in [1.807, 2.05) is 0 Å². The number of rotatable bonds is 7. The highest BCUT2D eigenvalue weighted by molar-refractivity contribution is 5.77. The zero-order chi connectivity index (χ0) is 15.9. The molecule has 1 saturated carbocycles. The summed E-state index contributed by atoms with van der Waals surface area (Å²) in [6.45, 7) is 1.03. The lowest BCUT2D eigenvalue weighted by Crippen LogP contribution is -2.37. The molecule has 1 aromatic rings. The van der Waals surface area contributed by atoms with E-state index >= 15 is 0 Å². The van der Waals surface area contributed by atoms with Gasteiger partial charge in [-0.3, -0.25) is 4.99 Å². The first kappa shape index (κ1) is 16.4. The van der Waals surface area contributed by atoms with Gasteiger partial charge in [-0.05, 0) is 37.0 Å². The summed E-state index contributed by atoms with van der Waals surface area (Å²) < 4.78 is 10.4. The van der Waals surface area contributed by atoms with Crippen LogP contribution in [0.15, 0.2) is 23.2 Å². The standard InChI is InChI=1S/C16H25N3O3/c1-21-12-6-7-15(22-2)13(8-12)14(20)10-19-16(17)18-9-11-4-3-5-11/h6-8,11,14,20H,3-5,9-10H2,1-2H3,(H3,17,18,19). The van der Waals surface area contributed by atoms with Crippen molar-refractivity contribution in [1.82, 2.24) is 5.32 Å². The summed E-state index contributed by atoms with van der Waals surface area (Å²) in [5.74, 6) is 2.34. The molecule has 1 aliphatic rings. The van der Waals surface area contributed by atoms with E-state index in [-0.39, 0.29) is 6.54 Å². The molecule has 1 aromatic carbocycles. The molecule has 22 heavy (non-hydrogen) atoms. The lowest BCUT2D eigenvalue weighted by atomic mass is 9.85. The van der Waals surface area contributed by atoms with Crippen molar-refractivity contribution >= 4 is 5.96 Å². The van der Waals surface area contributed by atoms with Gasteiger partial charge >= 0.3 is 0 Å². The van der Waals surface area contributed by atoms with E-state index in [1.165, 1.54) is 19.3 Å². The van der Waals surface area contributed by atoms with E-state index in [0.29, 0.717) is 28.9 Å². The summed E-state index contributed by atoms with van der Waals surface area (Å²) in [7, 11) is 3.15. The number of nitrogens with two attached hydrogens (primary N) is 1. The van der Waals surface area contributed by atoms with Gasteiger partial charge in [0.2, 0.25) is 0 Å². The Morgan fingerprint density at radius 2 is 2.18 bits per heavy atom. The normalized spacial score (nSPS) is 16.8. The first-order chi connectivity index (χ1) is 10.6. The Morgan fingerprint density at radius 1 is 1.41 bits per heavy atom. The van der Waals surface area contributed by atoms with E-state index in [2.05, 4.69) is 10.3 Å². The molecule has 0 bridgehead atoms. The largest absolute Gasteiger partial charge is 0.497 e. The molecule has 6 heteroatoms. The number of aliphatic hydroxyl groups excluding tert-OH is 1. The van der Waals surface area contributed by atoms with Crippen LogP contribution >= 0.6 is 0 Å². The summed E-state index contributed by atoms with van der Waals surface area (Å²) in [5.41, 5.74) is 6.46. The predicted molar refractivity (Wildman–Crippen MR) is 86.3 cm³/mol. The molecule has 0 amide bonds. The van der Waals surface area contributed by atoms with Gasteiger partial charge in [-0.25, -0.2) is 0 Å². The Morgan fingerprint density at radius 3 is 2.77 bits per heavy atom. The highest BCUT2D eigenvalue weighted by Crippen LogP contribution is 2.29. The third-order valence-corrected chi connectivity index (χ3v) is 4.03. The maximum atomic E-state index is 10.3. The van der Waals surface area contributed by atoms with Gasteiger partial charge in [-0.1, -0.05) is 6.42 Å². The Bertz CT molecular complexity index is 515. The van der Waals surface area contributed by atoms with E-state index in [9.17, 15) is 5.11 Å². The maximum Gasteiger partial charge on any atom is 0.188 e. The molecule has 0 aromatic heterocycles. The lowest BCUT2D eigenvalue weighted by Gasteiger charge is -2.25. The van der Waals surface area contributed by atoms with Gasteiger partial charge in [0.25, 0.3) is 0 Å². The molecule has 1 fully saturated rings. The number of nitrogens with zero attached hydrogens (tertiary/aromatic N) is 1. The molecule has 0 spiro atoms. The Balaban J connectivity index is 1.93. The van der Waals surface area contributed by atoms with Gasteiger partial charge in [0.05, 0.1) is 20.8 Å². The molecule has 1 atom stereocenters. The van der Waals surface area contributed by atoms with Gasteiger partial charge in [-0.2, -0.15) is 0 Å². The summed E-state index contributed by atoms with van der Waals surface area (Å²) in [4.78, 5) is 4.20. The molecule has 0 heterocycles. The molecule has 0 saturated heterocycles. The second-order valence-electron chi connectivity index (χ2n) is 5.53. The quantitative estimate of drug-likeness (QED) is 0.524. The van der Waals surface area contributed by atoms with Crippen LogP contribution in [0.1, 0.15) is 30.9 Å². The van der Waals surface area contributed by atoms with Gasteiger partial charge in [-0.15, -0.1) is 0 Å². The molecule has 0 aliphatic heterocycles. The van der Waals surface area contributed by atoms with Crippen molar-refractivity contribution < 1.29 is 14.6 Å². The zero-order valence-corrected chi connectivity index (χ0v) is 13.2. The number of hydrogen-bond donors (Lipinski definition) is 3. The fourth-order valence-electron chi connectivity index (χ4n) is 2.38. The summed E-state index contributed by atoms with van der Waals surface area (Å²) in [6, 6.07) is 5.29. The minimum atomic E-state index is -0.797. The average molecular weight is 307 g/mol. The van der Waals surface area contributed by atoms with Crippen LogP contribution in [-0.4, -0.2) is 38.4 Å². The van der Waals surface area contributed by atoms with E-state index in [4.69, 9.17) is 15.2 Å². The van der Waals surface area contributed by atoms with Gasteiger partial charge in [0.1, 0.15) is 17.6 Å². The molecule has 1 aliphatic carbocycles. The number of aliphatic hydroxyl groups is 1. The van der Waals surface area contributed by atoms with Crippen LogP contribution in [-0.2, 0) is 0 Å². The summed E-state index contributed by atoms with van der Waals surface area (Å²) in [6.07, 6.45) is 3.01. The molecule has 122 valence electrons. The number of hydrogen-bond acceptors (Lipinski definition) is 4. The van der Waals surface area contributed by atoms with Crippen molar-refractivity contribution in [2.75, 3.05) is 27.3 Å². The van der Waals surface area contributed by atoms with Gasteiger partial charge in [0.15, 0.2) is 5.96 Å². The smallest absolute Gasteiger partial charge is 0.188 e. The predicted octanol–water partition coefficient (Wildman–Crippen LogP) is 1.44. The minimum absolute atomic E-state index is 0.174. The fourth-order valence-corrected chi connectivity index (χ4v) is 2.38. The van der Waals surface area contributed by atoms with E-state index in [0.717, 1.165) is 6.54 Å². The molecule has 2 rings (SSSR count). The highest BCUT2D eigenvalue weighted by Gasteiger charge is 2.17. The van der Waals surface area contributed by atoms with Crippen LogP contribution in [0.25, 0.3) is 0 Å². The topological polar surface area (TPSA) is 89.1 Å². The number of nitrogens with one attached hydrogen (secondary N) is 1. The first-order valence-electron chi connectivity index (χ1n) is 7.57. The molecular weight excluding hydrogens is 282 g/mol. The first-order valence-corrected chi connectivity index (χ1v) is 7.57. The lowest BCUT2D eigenvalue weighted by molar-refractivity contribution is 0.182. The SMILES string of the molecule is COc1ccc(OC)c(C(O)CN=C(N)NCC2CCC2)c1. The second-order valence-corrected chi connectivity index (χ2v) is 5.53. The van der Waals surface area contributed by atoms with Crippen LogP contribution in [0.5, 0.6) is 11.5 Å². The second kappa shape index (κ2) is 7.89. The van der Waals surface area contributed by atoms with E-state index < -0.39 is 6.10 Å². The third kappa shape index (κ3) is 4.27. The molecule has 6 nitrogen and oxygen atoms in total. The number of benzene rings is 1. The monoisotopic (exact) mass is 307 g/mol. The molecular formula is C16H25N3O3. The van der Waals surface area contributed by atoms with Crippen LogP contribution in [0.4, 0.5) is 0 Å². The Kier molecular flexibility index (Phi) is 5.89. The van der Waals surface area contributed by atoms with Crippen molar-refractivity contribution in [1.29, 1.82) is 0 Å². The minimum Gasteiger partial charge on any atom is -0.497 e. The summed E-state index contributed by atoms with van der Waals surface area (Å²) in [5, 5.41) is 13.4. The number of guanidine groups is 1. The van der Waals surface area contributed by atoms with Crippen molar-refractivity contribution in [2.45, 2.75) is 25.4 Å². The van der Waals surface area contributed by atoms with Crippen LogP contribution in [0.3, 0.4) is 0 Å². The number of aliphatic imine (C=N–C) groups is 1. The number of methoxy groups -OCH3 is 2. The number of ether oxygens (including phenoxy) is 2. The third-order valence-electron chi connectivity index (χ3n) is 4.03. The van der Waals surface area contributed by atoms with Crippen LogP contribution < -0.4 is 20.5 Å². The van der Waals surface area contributed by atoms with Crippen LogP contribution in [0, 0.1) is 5.92 Å². The Hall–Kier alpha value is -1.95. The Labute approximate surface area is 131 Å². The van der Waals surface area contributed by atoms with E-state index in [1.54, 1.807) is 32.4 Å². The van der Waals surface area contributed by atoms with Crippen molar-refractivity contribution in [3.05, 3.63) is 23.8 Å². The van der Waals surface area contributed by atoms with Gasteiger partial charge < -0.3 is 25.6 Å². The van der Waals surface area contributed by atoms with Crippen molar-refractivity contribution in [3.63, 3.8) is 0 Å².